The van der Waals surface area contributed by atoms with E-state index >= 15 is 0 Å². The van der Waals surface area contributed by atoms with E-state index in [1.807, 2.05) is 6.07 Å². The van der Waals surface area contributed by atoms with Gasteiger partial charge in [0.25, 0.3) is 0 Å². The van der Waals surface area contributed by atoms with Crippen LogP contribution in [0.2, 0.25) is 5.02 Å². The summed E-state index contributed by atoms with van der Waals surface area (Å²) in [6.45, 7) is 11.1. The average Bonchev–Trinajstić information content (AvgIpc) is 3.00. The van der Waals surface area contributed by atoms with Crippen LogP contribution >= 0.6 is 36.4 Å². The molecular weight excluding hydrogens is 410 g/mol. The monoisotopic (exact) mass is 438 g/mol. The molecular formula is C20H29Cl3OTi. The Kier molecular flexibility index (Phi) is 10.9. The largest absolute Gasteiger partial charge is 0.147 e. The number of rotatable bonds is 5. The fourth-order valence-electron chi connectivity index (χ4n) is 2.72. The molecule has 0 aliphatic heterocycles. The van der Waals surface area contributed by atoms with Crippen LogP contribution in [-0.2, 0) is 23.2 Å². The van der Waals surface area contributed by atoms with Crippen molar-refractivity contribution in [2.24, 2.45) is 0 Å². The van der Waals surface area contributed by atoms with Crippen molar-refractivity contribution in [3.05, 3.63) is 50.9 Å². The summed E-state index contributed by atoms with van der Waals surface area (Å²) < 4.78 is 9.69. The Labute approximate surface area is 176 Å². The molecule has 0 fully saturated rings. The standard InChI is InChI=1S/C10H13ClO.C5H5.C5H10.2ClH.Ti/c1-10(2,3)7-4-8(11)6-9(12)5-7;1-2-4-5-3-1;1-3-5-4-2;;;/h4-6,12H,1-3H3;1-3H,4H2;3-4H2,1-2H3;2*1H;/q;;;;;+1/p-1. The minimum absolute atomic E-state index is 0. The van der Waals surface area contributed by atoms with Gasteiger partial charge in [-0.15, -0.1) is 24.8 Å². The SMILES string of the molecule is CC[C](CC)=[Ti]([O]c1cc(Cl)cc(C(C)(C)C)c1)[C]1=CC=CC1.Cl.Cl. The maximum absolute atomic E-state index is 6.60. The van der Waals surface area contributed by atoms with E-state index in [1.165, 1.54) is 9.44 Å². The third-order valence-electron chi connectivity index (χ3n) is 4.19. The van der Waals surface area contributed by atoms with Gasteiger partial charge < -0.3 is 0 Å². The van der Waals surface area contributed by atoms with E-state index in [1.54, 1.807) is 3.81 Å². The average molecular weight is 440 g/mol. The van der Waals surface area contributed by atoms with Gasteiger partial charge in [0.1, 0.15) is 0 Å². The van der Waals surface area contributed by atoms with Gasteiger partial charge in [0, 0.05) is 0 Å². The molecule has 0 radical (unpaired) electrons. The molecule has 25 heavy (non-hydrogen) atoms. The summed E-state index contributed by atoms with van der Waals surface area (Å²) in [5.41, 5.74) is 1.30. The molecule has 0 saturated carbocycles. The van der Waals surface area contributed by atoms with Crippen LogP contribution in [0.25, 0.3) is 0 Å². The van der Waals surface area contributed by atoms with Gasteiger partial charge in [-0.2, -0.15) is 0 Å². The van der Waals surface area contributed by atoms with E-state index in [2.05, 4.69) is 65.0 Å². The maximum atomic E-state index is 6.60. The Balaban J connectivity index is 0.00000288. The van der Waals surface area contributed by atoms with Crippen molar-refractivity contribution in [3.63, 3.8) is 0 Å². The zero-order valence-electron chi connectivity index (χ0n) is 15.7. The van der Waals surface area contributed by atoms with Gasteiger partial charge in [0.15, 0.2) is 0 Å². The number of benzene rings is 1. The summed E-state index contributed by atoms with van der Waals surface area (Å²) in [4.78, 5) is 0. The first-order chi connectivity index (χ1) is 10.8. The van der Waals surface area contributed by atoms with Gasteiger partial charge in [-0.05, 0) is 0 Å². The second kappa shape index (κ2) is 10.9. The van der Waals surface area contributed by atoms with E-state index in [0.29, 0.717) is 0 Å². The Morgan fingerprint density at radius 3 is 2.24 bits per heavy atom. The molecule has 0 heterocycles. The Bertz CT molecular complexity index is 664. The molecule has 140 valence electrons. The van der Waals surface area contributed by atoms with Crippen molar-refractivity contribution in [1.29, 1.82) is 0 Å². The van der Waals surface area contributed by atoms with E-state index < -0.39 is 17.8 Å². The van der Waals surface area contributed by atoms with Crippen LogP contribution in [0.4, 0.5) is 0 Å². The van der Waals surface area contributed by atoms with Crippen LogP contribution in [0, 0.1) is 0 Å². The van der Waals surface area contributed by atoms with Crippen molar-refractivity contribution in [2.45, 2.75) is 59.3 Å². The Hall–Kier alpha value is -0.0457. The number of hydrogen-bond donors (Lipinski definition) is 0. The molecule has 2 rings (SSSR count). The first-order valence-electron chi connectivity index (χ1n) is 8.42. The van der Waals surface area contributed by atoms with Crippen LogP contribution in [0.3, 0.4) is 0 Å². The maximum Gasteiger partial charge on any atom is -0.147 e. The Morgan fingerprint density at radius 1 is 1.12 bits per heavy atom. The van der Waals surface area contributed by atoms with Crippen LogP contribution in [-0.4, -0.2) is 3.81 Å². The second-order valence-electron chi connectivity index (χ2n) is 6.99. The first-order valence-corrected chi connectivity index (χ1v) is 11.0. The molecule has 0 unspecified atom stereocenters. The molecule has 1 aliphatic carbocycles. The summed E-state index contributed by atoms with van der Waals surface area (Å²) in [5, 5.41) is 0.762. The van der Waals surface area contributed by atoms with Crippen molar-refractivity contribution in [2.75, 3.05) is 0 Å². The molecule has 0 amide bonds. The normalized spacial score (nSPS) is 12.8. The Morgan fingerprint density at radius 2 is 1.76 bits per heavy atom. The van der Waals surface area contributed by atoms with E-state index in [4.69, 9.17) is 14.9 Å². The molecule has 0 saturated heterocycles. The molecule has 1 aromatic carbocycles. The van der Waals surface area contributed by atoms with Crippen LogP contribution in [0.15, 0.2) is 40.3 Å². The zero-order valence-corrected chi connectivity index (χ0v) is 19.6. The van der Waals surface area contributed by atoms with Crippen molar-refractivity contribution >= 4 is 40.2 Å². The molecule has 1 nitrogen and oxygen atoms in total. The summed E-state index contributed by atoms with van der Waals surface area (Å²) in [6, 6.07) is 6.19. The van der Waals surface area contributed by atoms with Crippen LogP contribution in [0.1, 0.15) is 59.4 Å². The first kappa shape index (κ1) is 25.0. The summed E-state index contributed by atoms with van der Waals surface area (Å²) >= 11 is 4.46. The predicted octanol–water partition coefficient (Wildman–Crippen LogP) is 7.23. The van der Waals surface area contributed by atoms with E-state index in [0.717, 1.165) is 30.0 Å². The van der Waals surface area contributed by atoms with Gasteiger partial charge in [-0.3, -0.25) is 0 Å². The second-order valence-corrected chi connectivity index (χ2v) is 10.9. The molecule has 1 aromatic rings. The smallest absolute Gasteiger partial charge is 0.147 e. The number of allylic oxidation sites excluding steroid dienone is 4. The van der Waals surface area contributed by atoms with Gasteiger partial charge in [-0.1, -0.05) is 0 Å². The molecule has 0 bridgehead atoms. The zero-order chi connectivity index (χ0) is 17.0. The van der Waals surface area contributed by atoms with Gasteiger partial charge in [-0.25, -0.2) is 0 Å². The fourth-order valence-corrected chi connectivity index (χ4v) is 6.50. The van der Waals surface area contributed by atoms with Crippen molar-refractivity contribution in [3.8, 4) is 5.75 Å². The molecule has 5 heteroatoms. The van der Waals surface area contributed by atoms with Crippen molar-refractivity contribution < 1.29 is 21.1 Å². The van der Waals surface area contributed by atoms with Crippen molar-refractivity contribution in [1.82, 2.24) is 0 Å². The quantitative estimate of drug-likeness (QED) is 0.440. The van der Waals surface area contributed by atoms with Gasteiger partial charge in [0.05, 0.1) is 0 Å². The fraction of sp³-hybridized carbons (Fsp3) is 0.450. The van der Waals surface area contributed by atoms with Crippen LogP contribution < -0.4 is 3.32 Å². The minimum Gasteiger partial charge on any atom is -0.147 e. The van der Waals surface area contributed by atoms with Gasteiger partial charge in [0.2, 0.25) is 0 Å². The van der Waals surface area contributed by atoms with E-state index in [-0.39, 0.29) is 30.2 Å². The predicted molar refractivity (Wildman–Crippen MR) is 113 cm³/mol. The topological polar surface area (TPSA) is 9.23 Å². The van der Waals surface area contributed by atoms with Gasteiger partial charge >= 0.3 is 152 Å². The minimum atomic E-state index is -1.89. The summed E-state index contributed by atoms with van der Waals surface area (Å²) in [5.74, 6) is 0.935. The summed E-state index contributed by atoms with van der Waals surface area (Å²) in [7, 11) is 0. The molecule has 0 aromatic heterocycles. The molecule has 0 N–H and O–H groups in total. The third kappa shape index (κ3) is 6.88. The number of hydrogen-bond acceptors (Lipinski definition) is 1. The summed E-state index contributed by atoms with van der Waals surface area (Å²) in [6.07, 6.45) is 9.91. The molecule has 0 atom stereocenters. The third-order valence-corrected chi connectivity index (χ3v) is 8.70. The molecule has 0 spiro atoms. The number of halogens is 3. The van der Waals surface area contributed by atoms with E-state index in [9.17, 15) is 0 Å². The molecule has 1 aliphatic rings. The van der Waals surface area contributed by atoms with Crippen LogP contribution in [0.5, 0.6) is 5.75 Å².